The van der Waals surface area contributed by atoms with Gasteiger partial charge in [0.15, 0.2) is 0 Å². The maximum Gasteiger partial charge on any atom is 0.0607 e. The first-order valence-electron chi connectivity index (χ1n) is 9.42. The number of nitrogens with zero attached hydrogens (tertiary/aromatic N) is 1. The highest BCUT2D eigenvalue weighted by molar-refractivity contribution is 6.30. The van der Waals surface area contributed by atoms with E-state index in [0.29, 0.717) is 0 Å². The first-order chi connectivity index (χ1) is 13.8. The van der Waals surface area contributed by atoms with Crippen molar-refractivity contribution >= 4 is 34.6 Å². The van der Waals surface area contributed by atoms with Crippen molar-refractivity contribution in [2.24, 2.45) is 0 Å². The van der Waals surface area contributed by atoms with Gasteiger partial charge in [0, 0.05) is 28.0 Å². The molecular formula is C26H25ClN2. The van der Waals surface area contributed by atoms with E-state index in [0.717, 1.165) is 61.1 Å². The molecule has 0 saturated carbocycles. The summed E-state index contributed by atoms with van der Waals surface area (Å²) < 4.78 is 0. The Morgan fingerprint density at radius 3 is 2.48 bits per heavy atom. The van der Waals surface area contributed by atoms with Gasteiger partial charge >= 0.3 is 0 Å². The van der Waals surface area contributed by atoms with Gasteiger partial charge < -0.3 is 5.32 Å². The van der Waals surface area contributed by atoms with E-state index in [1.54, 1.807) is 0 Å². The Balaban J connectivity index is 1.98. The first-order valence-corrected chi connectivity index (χ1v) is 9.79. The molecule has 3 heteroatoms. The Bertz CT molecular complexity index is 1130. The number of aryl methyl sites for hydroxylation is 2. The van der Waals surface area contributed by atoms with Crippen LogP contribution in [0.5, 0.6) is 0 Å². The zero-order chi connectivity index (χ0) is 21.1. The molecule has 3 aromatic rings. The molecule has 0 aliphatic carbocycles. The lowest BCUT2D eigenvalue weighted by Gasteiger charge is -2.17. The lowest BCUT2D eigenvalue weighted by molar-refractivity contribution is 1.20. The number of nitrogens with one attached hydrogen (secondary N) is 1. The average molecular weight is 401 g/mol. The zero-order valence-corrected chi connectivity index (χ0v) is 17.9. The van der Waals surface area contributed by atoms with Gasteiger partial charge in [0.2, 0.25) is 0 Å². The smallest absolute Gasteiger partial charge is 0.0607 e. The Labute approximate surface area is 178 Å². The van der Waals surface area contributed by atoms with Crippen LogP contribution in [0, 0.1) is 13.8 Å². The second-order valence-electron chi connectivity index (χ2n) is 7.21. The monoisotopic (exact) mass is 400 g/mol. The highest BCUT2D eigenvalue weighted by atomic mass is 35.5. The van der Waals surface area contributed by atoms with Crippen LogP contribution in [-0.2, 0) is 0 Å². The van der Waals surface area contributed by atoms with Crippen molar-refractivity contribution in [1.29, 1.82) is 0 Å². The van der Waals surface area contributed by atoms with Crippen LogP contribution in [0.25, 0.3) is 28.5 Å². The molecule has 1 aromatic heterocycles. The summed E-state index contributed by atoms with van der Waals surface area (Å²) in [7, 11) is 0. The van der Waals surface area contributed by atoms with Gasteiger partial charge in [-0.15, -0.1) is 0 Å². The van der Waals surface area contributed by atoms with Crippen molar-refractivity contribution in [3.63, 3.8) is 0 Å². The average Bonchev–Trinajstić information content (AvgIpc) is 2.69. The van der Waals surface area contributed by atoms with Crippen molar-refractivity contribution in [3.05, 3.63) is 101 Å². The van der Waals surface area contributed by atoms with Crippen molar-refractivity contribution in [1.82, 2.24) is 4.98 Å². The summed E-state index contributed by atoms with van der Waals surface area (Å²) >= 11 is 6.11. The molecule has 0 atom stereocenters. The van der Waals surface area contributed by atoms with Gasteiger partial charge in [-0.25, -0.2) is 0 Å². The maximum atomic E-state index is 6.11. The number of benzene rings is 2. The van der Waals surface area contributed by atoms with Crippen LogP contribution in [0.4, 0.5) is 5.69 Å². The molecule has 0 radical (unpaired) electrons. The molecule has 0 aliphatic heterocycles. The predicted octanol–water partition coefficient (Wildman–Crippen LogP) is 7.78. The minimum absolute atomic E-state index is 0.729. The molecule has 0 spiro atoms. The minimum Gasteiger partial charge on any atom is -0.354 e. The van der Waals surface area contributed by atoms with Crippen LogP contribution in [0.15, 0.2) is 68.4 Å². The molecule has 146 valence electrons. The predicted molar refractivity (Wildman–Crippen MR) is 128 cm³/mol. The largest absolute Gasteiger partial charge is 0.354 e. The quantitative estimate of drug-likeness (QED) is 0.456. The number of hydrogen-bond acceptors (Lipinski definition) is 2. The molecule has 0 bridgehead atoms. The SMILES string of the molecule is C=Cc1ccc(C(=C)C)cc1C(=C)Nc1cc(-c2ccc(Cl)cc2C)cnc1C. The van der Waals surface area contributed by atoms with Crippen LogP contribution in [0.3, 0.4) is 0 Å². The number of halogens is 1. The Hall–Kier alpha value is -3.10. The fourth-order valence-corrected chi connectivity index (χ4v) is 3.48. The third-order valence-corrected chi connectivity index (χ3v) is 5.20. The summed E-state index contributed by atoms with van der Waals surface area (Å²) in [5, 5.41) is 4.18. The summed E-state index contributed by atoms with van der Waals surface area (Å²) in [5.74, 6) is 0. The van der Waals surface area contributed by atoms with E-state index in [1.165, 1.54) is 0 Å². The molecule has 29 heavy (non-hydrogen) atoms. The van der Waals surface area contributed by atoms with Crippen LogP contribution in [-0.4, -0.2) is 4.98 Å². The lowest BCUT2D eigenvalue weighted by Crippen LogP contribution is -2.03. The van der Waals surface area contributed by atoms with Gasteiger partial charge in [0.25, 0.3) is 0 Å². The molecule has 0 saturated heterocycles. The van der Waals surface area contributed by atoms with E-state index in [9.17, 15) is 0 Å². The number of aromatic nitrogens is 1. The molecule has 2 nitrogen and oxygen atoms in total. The topological polar surface area (TPSA) is 24.9 Å². The van der Waals surface area contributed by atoms with Gasteiger partial charge in [-0.2, -0.15) is 0 Å². The number of allylic oxidation sites excluding steroid dienone is 1. The van der Waals surface area contributed by atoms with E-state index >= 15 is 0 Å². The fraction of sp³-hybridized carbons (Fsp3) is 0.115. The van der Waals surface area contributed by atoms with E-state index in [1.807, 2.05) is 63.4 Å². The van der Waals surface area contributed by atoms with Gasteiger partial charge in [0.05, 0.1) is 11.4 Å². The number of pyridine rings is 1. The van der Waals surface area contributed by atoms with E-state index in [2.05, 4.69) is 42.2 Å². The Morgan fingerprint density at radius 1 is 1.07 bits per heavy atom. The summed E-state index contributed by atoms with van der Waals surface area (Å²) in [6.07, 6.45) is 3.72. The number of rotatable bonds is 6. The standard InChI is InChI=1S/C26H25ClN2/c1-7-20-8-9-21(16(2)3)13-25(20)18(5)29-26-14-22(15-28-19(26)6)24-11-10-23(27)12-17(24)4/h7-15,29H,1-2,5H2,3-4,6H3. The molecule has 0 aliphatic rings. The van der Waals surface area contributed by atoms with Gasteiger partial charge in [-0.05, 0) is 67.3 Å². The minimum atomic E-state index is 0.729. The van der Waals surface area contributed by atoms with Crippen molar-refractivity contribution in [2.45, 2.75) is 20.8 Å². The van der Waals surface area contributed by atoms with E-state index in [4.69, 9.17) is 11.6 Å². The van der Waals surface area contributed by atoms with Gasteiger partial charge in [0.1, 0.15) is 0 Å². The first kappa shape index (κ1) is 20.6. The number of anilines is 1. The summed E-state index contributed by atoms with van der Waals surface area (Å²) in [4.78, 5) is 4.58. The third kappa shape index (κ3) is 4.49. The van der Waals surface area contributed by atoms with Gasteiger partial charge in [-0.1, -0.05) is 61.2 Å². The third-order valence-electron chi connectivity index (χ3n) is 4.96. The van der Waals surface area contributed by atoms with Crippen LogP contribution in [0.1, 0.15) is 34.9 Å². The molecule has 3 rings (SSSR count). The second kappa shape index (κ2) is 8.50. The molecular weight excluding hydrogens is 376 g/mol. The molecule has 0 unspecified atom stereocenters. The molecule has 1 heterocycles. The van der Waals surface area contributed by atoms with Crippen molar-refractivity contribution < 1.29 is 0 Å². The molecule has 2 aromatic carbocycles. The van der Waals surface area contributed by atoms with Crippen LogP contribution in [0.2, 0.25) is 5.02 Å². The fourth-order valence-electron chi connectivity index (χ4n) is 3.25. The molecule has 0 amide bonds. The van der Waals surface area contributed by atoms with Gasteiger partial charge in [-0.3, -0.25) is 4.98 Å². The van der Waals surface area contributed by atoms with E-state index in [-0.39, 0.29) is 0 Å². The zero-order valence-electron chi connectivity index (χ0n) is 17.1. The Morgan fingerprint density at radius 2 is 1.83 bits per heavy atom. The lowest BCUT2D eigenvalue weighted by atomic mass is 9.98. The summed E-state index contributed by atoms with van der Waals surface area (Å²) in [6.45, 7) is 18.3. The van der Waals surface area contributed by atoms with E-state index < -0.39 is 0 Å². The van der Waals surface area contributed by atoms with Crippen molar-refractivity contribution in [2.75, 3.05) is 5.32 Å². The maximum absolute atomic E-state index is 6.11. The normalized spacial score (nSPS) is 10.5. The summed E-state index contributed by atoms with van der Waals surface area (Å²) in [6, 6.07) is 14.2. The molecule has 0 fully saturated rings. The second-order valence-corrected chi connectivity index (χ2v) is 7.64. The highest BCUT2D eigenvalue weighted by Gasteiger charge is 2.11. The molecule has 1 N–H and O–H groups in total. The number of hydrogen-bond donors (Lipinski definition) is 1. The Kier molecular flexibility index (Phi) is 6.05. The van der Waals surface area contributed by atoms with Crippen molar-refractivity contribution in [3.8, 4) is 11.1 Å². The highest BCUT2D eigenvalue weighted by Crippen LogP contribution is 2.31. The van der Waals surface area contributed by atoms with Crippen LogP contribution >= 0.6 is 11.6 Å². The summed E-state index contributed by atoms with van der Waals surface area (Å²) in [5.41, 5.74) is 9.94. The van der Waals surface area contributed by atoms with Crippen LogP contribution < -0.4 is 5.32 Å².